The third-order valence-corrected chi connectivity index (χ3v) is 3.15. The summed E-state index contributed by atoms with van der Waals surface area (Å²) in [5, 5.41) is 20.4. The molecule has 17 heavy (non-hydrogen) atoms. The largest absolute Gasteiger partial charge is 0.506 e. The first kappa shape index (κ1) is 14.6. The SMILES string of the molecule is CC(C)(C)[C@@H](O)[C@@H](N)c1cc(Cl)cc(Cl)c1O. The minimum Gasteiger partial charge on any atom is -0.506 e. The molecule has 1 aromatic carbocycles. The Morgan fingerprint density at radius 1 is 1.24 bits per heavy atom. The summed E-state index contributed by atoms with van der Waals surface area (Å²) in [7, 11) is 0. The molecule has 0 saturated carbocycles. The molecule has 3 nitrogen and oxygen atoms in total. The lowest BCUT2D eigenvalue weighted by Crippen LogP contribution is -2.37. The summed E-state index contributed by atoms with van der Waals surface area (Å²) in [5.41, 5.74) is 5.89. The van der Waals surface area contributed by atoms with Crippen molar-refractivity contribution >= 4 is 23.2 Å². The van der Waals surface area contributed by atoms with E-state index in [0.29, 0.717) is 10.6 Å². The molecule has 0 aromatic heterocycles. The summed E-state index contributed by atoms with van der Waals surface area (Å²) in [5.74, 6) is -0.133. The number of nitrogens with two attached hydrogens (primary N) is 1. The van der Waals surface area contributed by atoms with Gasteiger partial charge in [-0.1, -0.05) is 44.0 Å². The van der Waals surface area contributed by atoms with Gasteiger partial charge in [0.15, 0.2) is 0 Å². The Balaban J connectivity index is 3.17. The molecule has 0 heterocycles. The van der Waals surface area contributed by atoms with Gasteiger partial charge >= 0.3 is 0 Å². The second kappa shape index (κ2) is 5.02. The summed E-state index contributed by atoms with van der Waals surface area (Å²) in [6.07, 6.45) is -0.817. The highest BCUT2D eigenvalue weighted by molar-refractivity contribution is 6.35. The van der Waals surface area contributed by atoms with E-state index in [1.165, 1.54) is 12.1 Å². The third kappa shape index (κ3) is 3.26. The fraction of sp³-hybridized carbons (Fsp3) is 0.500. The average molecular weight is 278 g/mol. The molecule has 0 spiro atoms. The number of aliphatic hydroxyl groups excluding tert-OH is 1. The van der Waals surface area contributed by atoms with Crippen LogP contribution in [0.25, 0.3) is 0 Å². The molecule has 1 aromatic rings. The van der Waals surface area contributed by atoms with Crippen LogP contribution in [0.15, 0.2) is 12.1 Å². The zero-order chi connectivity index (χ0) is 13.4. The van der Waals surface area contributed by atoms with Gasteiger partial charge in [0.25, 0.3) is 0 Å². The van der Waals surface area contributed by atoms with Crippen molar-refractivity contribution in [3.05, 3.63) is 27.7 Å². The first-order valence-corrected chi connectivity index (χ1v) is 6.01. The van der Waals surface area contributed by atoms with Crippen LogP contribution in [-0.4, -0.2) is 16.3 Å². The van der Waals surface area contributed by atoms with Crippen LogP contribution in [0.1, 0.15) is 32.4 Å². The molecule has 0 unspecified atom stereocenters. The average Bonchev–Trinajstić information content (AvgIpc) is 2.20. The second-order valence-corrected chi connectivity index (χ2v) is 6.01. The van der Waals surface area contributed by atoms with E-state index in [0.717, 1.165) is 0 Å². The maximum Gasteiger partial charge on any atom is 0.139 e. The number of hydrogen-bond acceptors (Lipinski definition) is 3. The molecular formula is C12H17Cl2NO2. The Kier molecular flexibility index (Phi) is 4.31. The van der Waals surface area contributed by atoms with E-state index in [4.69, 9.17) is 28.9 Å². The number of aliphatic hydroxyl groups is 1. The zero-order valence-corrected chi connectivity index (χ0v) is 11.5. The van der Waals surface area contributed by atoms with E-state index >= 15 is 0 Å². The van der Waals surface area contributed by atoms with Crippen molar-refractivity contribution in [1.82, 2.24) is 0 Å². The van der Waals surface area contributed by atoms with Gasteiger partial charge in [-0.05, 0) is 17.5 Å². The lowest BCUT2D eigenvalue weighted by atomic mass is 9.82. The molecule has 4 N–H and O–H groups in total. The van der Waals surface area contributed by atoms with E-state index in [-0.39, 0.29) is 10.8 Å². The molecule has 1 rings (SSSR count). The number of benzene rings is 1. The highest BCUT2D eigenvalue weighted by Crippen LogP contribution is 2.38. The summed E-state index contributed by atoms with van der Waals surface area (Å²) < 4.78 is 0. The maximum absolute atomic E-state index is 10.1. The Hall–Kier alpha value is -0.480. The molecule has 0 radical (unpaired) electrons. The standard InChI is InChI=1S/C12H17Cl2NO2/c1-12(2,3)11(17)9(15)7-4-6(13)5-8(14)10(7)16/h4-5,9,11,16-17H,15H2,1-3H3/t9-,11-/m0/s1. The van der Waals surface area contributed by atoms with Crippen molar-refractivity contribution < 1.29 is 10.2 Å². The van der Waals surface area contributed by atoms with E-state index in [1.54, 1.807) is 0 Å². The third-order valence-electron chi connectivity index (χ3n) is 2.64. The number of phenolic OH excluding ortho intramolecular Hbond substituents is 1. The van der Waals surface area contributed by atoms with Gasteiger partial charge in [0.1, 0.15) is 5.75 Å². The molecule has 0 fully saturated rings. The first-order chi connectivity index (χ1) is 7.64. The fourth-order valence-corrected chi connectivity index (χ4v) is 2.06. The summed E-state index contributed by atoms with van der Waals surface area (Å²) in [6.45, 7) is 5.59. The van der Waals surface area contributed by atoms with Crippen molar-refractivity contribution in [2.45, 2.75) is 32.9 Å². The van der Waals surface area contributed by atoms with Gasteiger partial charge < -0.3 is 15.9 Å². The Morgan fingerprint density at radius 3 is 2.24 bits per heavy atom. The highest BCUT2D eigenvalue weighted by Gasteiger charge is 2.31. The summed E-state index contributed by atoms with van der Waals surface area (Å²) >= 11 is 11.7. The molecule has 2 atom stereocenters. The molecule has 0 amide bonds. The lowest BCUT2D eigenvalue weighted by molar-refractivity contribution is 0.0395. The van der Waals surface area contributed by atoms with Crippen molar-refractivity contribution in [3.8, 4) is 5.75 Å². The molecule has 0 aliphatic carbocycles. The normalized spacial score (nSPS) is 15.7. The Morgan fingerprint density at radius 2 is 1.76 bits per heavy atom. The van der Waals surface area contributed by atoms with E-state index in [1.807, 2.05) is 20.8 Å². The molecule has 96 valence electrons. The predicted octanol–water partition coefficient (Wildman–Crippen LogP) is 3.11. The quantitative estimate of drug-likeness (QED) is 0.778. The fourth-order valence-electron chi connectivity index (χ4n) is 1.55. The highest BCUT2D eigenvalue weighted by atomic mass is 35.5. The van der Waals surface area contributed by atoms with E-state index in [9.17, 15) is 10.2 Å². The van der Waals surface area contributed by atoms with Gasteiger partial charge in [0.05, 0.1) is 17.2 Å². The maximum atomic E-state index is 10.1. The number of halogens is 2. The smallest absolute Gasteiger partial charge is 0.139 e. The van der Waals surface area contributed by atoms with Crippen LogP contribution in [0.2, 0.25) is 10.0 Å². The van der Waals surface area contributed by atoms with Crippen molar-refractivity contribution in [2.24, 2.45) is 11.1 Å². The molecular weight excluding hydrogens is 261 g/mol. The van der Waals surface area contributed by atoms with E-state index < -0.39 is 17.6 Å². The van der Waals surface area contributed by atoms with Gasteiger partial charge in [0.2, 0.25) is 0 Å². The van der Waals surface area contributed by atoms with Crippen LogP contribution in [0.5, 0.6) is 5.75 Å². The van der Waals surface area contributed by atoms with Crippen LogP contribution in [0.3, 0.4) is 0 Å². The number of phenols is 1. The van der Waals surface area contributed by atoms with Crippen LogP contribution in [-0.2, 0) is 0 Å². The topological polar surface area (TPSA) is 66.5 Å². The van der Waals surface area contributed by atoms with Crippen LogP contribution in [0.4, 0.5) is 0 Å². The number of aromatic hydroxyl groups is 1. The monoisotopic (exact) mass is 277 g/mol. The Labute approximate surface area is 111 Å². The first-order valence-electron chi connectivity index (χ1n) is 5.26. The van der Waals surface area contributed by atoms with Gasteiger partial charge in [-0.2, -0.15) is 0 Å². The van der Waals surface area contributed by atoms with Crippen molar-refractivity contribution in [2.75, 3.05) is 0 Å². The summed E-state index contributed by atoms with van der Waals surface area (Å²) in [6, 6.07) is 2.20. The van der Waals surface area contributed by atoms with Gasteiger partial charge in [-0.3, -0.25) is 0 Å². The molecule has 0 saturated heterocycles. The minimum absolute atomic E-state index is 0.129. The Bertz CT molecular complexity index is 416. The van der Waals surface area contributed by atoms with Gasteiger partial charge in [0, 0.05) is 10.6 Å². The van der Waals surface area contributed by atoms with Crippen LogP contribution < -0.4 is 5.73 Å². The van der Waals surface area contributed by atoms with Crippen molar-refractivity contribution in [3.63, 3.8) is 0 Å². The molecule has 0 aliphatic rings. The molecule has 0 bridgehead atoms. The minimum atomic E-state index is -0.817. The molecule has 0 aliphatic heterocycles. The van der Waals surface area contributed by atoms with Gasteiger partial charge in [-0.25, -0.2) is 0 Å². The van der Waals surface area contributed by atoms with Crippen LogP contribution >= 0.6 is 23.2 Å². The lowest BCUT2D eigenvalue weighted by Gasteiger charge is -2.31. The zero-order valence-electron chi connectivity index (χ0n) is 10.0. The van der Waals surface area contributed by atoms with Gasteiger partial charge in [-0.15, -0.1) is 0 Å². The van der Waals surface area contributed by atoms with E-state index in [2.05, 4.69) is 0 Å². The number of hydrogen-bond donors (Lipinski definition) is 3. The number of rotatable bonds is 2. The second-order valence-electron chi connectivity index (χ2n) is 5.16. The molecule has 5 heteroatoms. The van der Waals surface area contributed by atoms with Crippen LogP contribution in [0, 0.1) is 5.41 Å². The summed E-state index contributed by atoms with van der Waals surface area (Å²) in [4.78, 5) is 0. The predicted molar refractivity (Wildman–Crippen MR) is 70.5 cm³/mol. The van der Waals surface area contributed by atoms with Crippen molar-refractivity contribution in [1.29, 1.82) is 0 Å².